The number of hydrogen-bond donors (Lipinski definition) is 1. The number of carbonyl (C=O) groups is 3. The number of ether oxygens (including phenoxy) is 1. The molecule has 3 heterocycles. The van der Waals surface area contributed by atoms with Crippen molar-refractivity contribution in [2.45, 2.75) is 94.2 Å². The molecule has 0 bridgehead atoms. The highest BCUT2D eigenvalue weighted by Crippen LogP contribution is 2.36. The number of thioether (sulfide) groups is 1. The van der Waals surface area contributed by atoms with Gasteiger partial charge in [-0.25, -0.2) is 0 Å². The maximum atomic E-state index is 14.0. The zero-order valence-corrected chi connectivity index (χ0v) is 23.9. The van der Waals surface area contributed by atoms with Gasteiger partial charge in [0.1, 0.15) is 18.7 Å². The fourth-order valence-electron chi connectivity index (χ4n) is 6.95. The number of piperidine rings is 1. The van der Waals surface area contributed by atoms with Gasteiger partial charge in [-0.1, -0.05) is 31.4 Å². The number of hydrogen-bond acceptors (Lipinski definition) is 6. The van der Waals surface area contributed by atoms with Gasteiger partial charge < -0.3 is 19.9 Å². The van der Waals surface area contributed by atoms with Crippen molar-refractivity contribution in [2.24, 2.45) is 5.92 Å². The maximum absolute atomic E-state index is 14.0. The number of rotatable bonds is 7. The monoisotopic (exact) mass is 541 g/mol. The molecule has 0 unspecified atom stereocenters. The van der Waals surface area contributed by atoms with Crippen LogP contribution in [0.2, 0.25) is 0 Å². The number of nitrogens with one attached hydrogen (secondary N) is 1. The number of amides is 2. The SMILES string of the molecule is CS[C@H]1CN(C(=O)[C@@H](NC(=O)c2ccc(C3CCN(C(C)C)CC3)cc2)C2CCCCC2)[C@@H]2C(=O)CO[C@H]12. The van der Waals surface area contributed by atoms with Crippen LogP contribution in [0.25, 0.3) is 0 Å². The van der Waals surface area contributed by atoms with E-state index in [1.807, 2.05) is 18.4 Å². The van der Waals surface area contributed by atoms with E-state index in [1.54, 1.807) is 16.7 Å². The Kier molecular flexibility index (Phi) is 8.80. The number of benzene rings is 1. The summed E-state index contributed by atoms with van der Waals surface area (Å²) < 4.78 is 5.77. The van der Waals surface area contributed by atoms with E-state index in [0.29, 0.717) is 24.1 Å². The first-order chi connectivity index (χ1) is 18.4. The number of Topliss-reactive ketones (excluding diaryl/α,β-unsaturated/α-hetero) is 1. The van der Waals surface area contributed by atoms with Crippen molar-refractivity contribution in [3.05, 3.63) is 35.4 Å². The maximum Gasteiger partial charge on any atom is 0.251 e. The molecular weight excluding hydrogens is 498 g/mol. The molecule has 38 heavy (non-hydrogen) atoms. The van der Waals surface area contributed by atoms with Gasteiger partial charge in [0, 0.05) is 18.2 Å². The highest BCUT2D eigenvalue weighted by molar-refractivity contribution is 7.99. The van der Waals surface area contributed by atoms with Gasteiger partial charge in [0.25, 0.3) is 5.91 Å². The van der Waals surface area contributed by atoms with Crippen molar-refractivity contribution >= 4 is 29.4 Å². The molecule has 0 radical (unpaired) electrons. The van der Waals surface area contributed by atoms with Crippen molar-refractivity contribution in [3.8, 4) is 0 Å². The Morgan fingerprint density at radius 3 is 2.34 bits per heavy atom. The van der Waals surface area contributed by atoms with Gasteiger partial charge in [0.05, 0.1) is 11.4 Å². The van der Waals surface area contributed by atoms with E-state index in [4.69, 9.17) is 4.74 Å². The van der Waals surface area contributed by atoms with Gasteiger partial charge in [-0.05, 0) is 88.4 Å². The molecule has 5 rings (SSSR count). The molecule has 1 saturated carbocycles. The third-order valence-corrected chi connectivity index (χ3v) is 10.3. The van der Waals surface area contributed by atoms with Crippen molar-refractivity contribution < 1.29 is 19.1 Å². The molecule has 4 aliphatic rings. The van der Waals surface area contributed by atoms with E-state index in [9.17, 15) is 14.4 Å². The Balaban J connectivity index is 1.29. The van der Waals surface area contributed by atoms with Crippen LogP contribution in [0.3, 0.4) is 0 Å². The normalized spacial score (nSPS) is 28.1. The van der Waals surface area contributed by atoms with E-state index in [-0.39, 0.29) is 41.5 Å². The first kappa shape index (κ1) is 27.7. The van der Waals surface area contributed by atoms with Crippen LogP contribution in [-0.4, -0.2) is 89.4 Å². The van der Waals surface area contributed by atoms with Crippen LogP contribution in [-0.2, 0) is 14.3 Å². The van der Waals surface area contributed by atoms with Crippen LogP contribution in [0.1, 0.15) is 80.6 Å². The minimum Gasteiger partial charge on any atom is -0.367 e. The van der Waals surface area contributed by atoms with Gasteiger partial charge in [-0.15, -0.1) is 0 Å². The molecule has 0 spiro atoms. The van der Waals surface area contributed by atoms with Gasteiger partial charge >= 0.3 is 0 Å². The molecule has 4 atom stereocenters. The Morgan fingerprint density at radius 1 is 1.03 bits per heavy atom. The van der Waals surface area contributed by atoms with E-state index < -0.39 is 12.1 Å². The Hall–Kier alpha value is -1.90. The third kappa shape index (κ3) is 5.68. The molecule has 1 N–H and O–H groups in total. The van der Waals surface area contributed by atoms with Crippen molar-refractivity contribution in [3.63, 3.8) is 0 Å². The highest BCUT2D eigenvalue weighted by atomic mass is 32.2. The molecule has 1 aromatic rings. The van der Waals surface area contributed by atoms with Crippen LogP contribution in [0.5, 0.6) is 0 Å². The predicted molar refractivity (Wildman–Crippen MR) is 151 cm³/mol. The van der Waals surface area contributed by atoms with Gasteiger partial charge in [0.15, 0.2) is 5.78 Å². The Labute approximate surface area is 231 Å². The first-order valence-corrected chi connectivity index (χ1v) is 15.8. The molecule has 1 aromatic carbocycles. The smallest absolute Gasteiger partial charge is 0.251 e. The summed E-state index contributed by atoms with van der Waals surface area (Å²) in [5.74, 6) is 0.265. The number of likely N-dealkylation sites (tertiary alicyclic amines) is 2. The van der Waals surface area contributed by atoms with Crippen molar-refractivity contribution in [1.82, 2.24) is 15.1 Å². The van der Waals surface area contributed by atoms with E-state index in [1.165, 1.54) is 5.56 Å². The quantitative estimate of drug-likeness (QED) is 0.565. The summed E-state index contributed by atoms with van der Waals surface area (Å²) in [5.41, 5.74) is 1.87. The second-order valence-electron chi connectivity index (χ2n) is 11.8. The highest BCUT2D eigenvalue weighted by Gasteiger charge is 2.53. The van der Waals surface area contributed by atoms with Crippen LogP contribution >= 0.6 is 11.8 Å². The standard InChI is InChI=1S/C30H43N3O4S/c1-19(2)32-15-13-21(14-16-32)20-9-11-23(12-10-20)29(35)31-26(22-7-5-4-6-8-22)30(36)33-17-25(38-3)28-27(33)24(34)18-37-28/h9-12,19,21-22,25-28H,4-8,13-18H2,1-3H3,(H,31,35)/t25-,26-,27+,28+/m0/s1. The van der Waals surface area contributed by atoms with Crippen LogP contribution in [0.4, 0.5) is 0 Å². The first-order valence-electron chi connectivity index (χ1n) is 14.5. The summed E-state index contributed by atoms with van der Waals surface area (Å²) >= 11 is 1.64. The lowest BCUT2D eigenvalue weighted by molar-refractivity contribution is -0.139. The molecule has 4 fully saturated rings. The van der Waals surface area contributed by atoms with Gasteiger partial charge in [-0.2, -0.15) is 11.8 Å². The molecule has 3 aliphatic heterocycles. The zero-order valence-electron chi connectivity index (χ0n) is 23.1. The molecule has 2 amide bonds. The lowest BCUT2D eigenvalue weighted by Gasteiger charge is -2.35. The molecule has 1 aliphatic carbocycles. The fraction of sp³-hybridized carbons (Fsp3) is 0.700. The largest absolute Gasteiger partial charge is 0.367 e. The predicted octanol–water partition coefficient (Wildman–Crippen LogP) is 3.86. The summed E-state index contributed by atoms with van der Waals surface area (Å²) in [6, 6.07) is 7.44. The van der Waals surface area contributed by atoms with E-state index in [0.717, 1.165) is 58.0 Å². The van der Waals surface area contributed by atoms with E-state index >= 15 is 0 Å². The topological polar surface area (TPSA) is 79.0 Å². The molecule has 3 saturated heterocycles. The average Bonchev–Trinajstić information content (AvgIpc) is 3.52. The van der Waals surface area contributed by atoms with Crippen LogP contribution in [0.15, 0.2) is 24.3 Å². The fourth-order valence-corrected chi connectivity index (χ4v) is 7.76. The number of fused-ring (bicyclic) bond motifs is 1. The number of nitrogens with zero attached hydrogens (tertiary/aromatic N) is 2. The van der Waals surface area contributed by atoms with Crippen molar-refractivity contribution in [1.29, 1.82) is 0 Å². The average molecular weight is 542 g/mol. The van der Waals surface area contributed by atoms with E-state index in [2.05, 4.69) is 36.2 Å². The molecule has 7 nitrogen and oxygen atoms in total. The minimum atomic E-state index is -0.613. The van der Waals surface area contributed by atoms with Crippen LogP contribution in [0, 0.1) is 5.92 Å². The summed E-state index contributed by atoms with van der Waals surface area (Å²) in [6.07, 6.45) is 9.17. The van der Waals surface area contributed by atoms with Gasteiger partial charge in [-0.3, -0.25) is 14.4 Å². The zero-order chi connectivity index (χ0) is 26.8. The number of carbonyl (C=O) groups excluding carboxylic acids is 3. The Morgan fingerprint density at radius 2 is 1.71 bits per heavy atom. The lowest BCUT2D eigenvalue weighted by Crippen LogP contribution is -2.55. The third-order valence-electron chi connectivity index (χ3n) is 9.30. The molecule has 8 heteroatoms. The summed E-state index contributed by atoms with van der Waals surface area (Å²) in [7, 11) is 0. The second kappa shape index (κ2) is 12.1. The minimum absolute atomic E-state index is 0.0246. The molecular formula is C30H43N3O4S. The summed E-state index contributed by atoms with van der Waals surface area (Å²) in [5, 5.41) is 3.21. The lowest BCUT2D eigenvalue weighted by atomic mass is 9.83. The summed E-state index contributed by atoms with van der Waals surface area (Å²) in [4.78, 5) is 44.3. The van der Waals surface area contributed by atoms with Crippen molar-refractivity contribution in [2.75, 3.05) is 32.5 Å². The summed E-state index contributed by atoms with van der Waals surface area (Å²) in [6.45, 7) is 7.28. The van der Waals surface area contributed by atoms with Crippen LogP contribution < -0.4 is 5.32 Å². The molecule has 0 aromatic heterocycles. The Bertz CT molecular complexity index is 1000. The molecule has 208 valence electrons. The number of ketones is 1. The second-order valence-corrected chi connectivity index (χ2v) is 12.9. The van der Waals surface area contributed by atoms with Gasteiger partial charge in [0.2, 0.25) is 5.91 Å².